The third kappa shape index (κ3) is 3.23. The van der Waals surface area contributed by atoms with Gasteiger partial charge in [0.1, 0.15) is 16.6 Å². The summed E-state index contributed by atoms with van der Waals surface area (Å²) in [5, 5.41) is 14.1. The van der Waals surface area contributed by atoms with Crippen molar-refractivity contribution in [3.05, 3.63) is 63.7 Å². The average Bonchev–Trinajstić information content (AvgIpc) is 2.90. The lowest BCUT2D eigenvalue weighted by molar-refractivity contribution is 1.42. The van der Waals surface area contributed by atoms with E-state index >= 15 is 0 Å². The summed E-state index contributed by atoms with van der Waals surface area (Å²) >= 11 is 13.4. The van der Waals surface area contributed by atoms with Crippen LogP contribution in [-0.2, 0) is 0 Å². The van der Waals surface area contributed by atoms with Crippen molar-refractivity contribution < 1.29 is 0 Å². The van der Waals surface area contributed by atoms with E-state index in [1.165, 1.54) is 11.3 Å². The van der Waals surface area contributed by atoms with Gasteiger partial charge < -0.3 is 5.32 Å². The van der Waals surface area contributed by atoms with Crippen LogP contribution in [0.1, 0.15) is 5.01 Å². The molecule has 0 aliphatic heterocycles. The summed E-state index contributed by atoms with van der Waals surface area (Å²) in [5.74, 6) is 0. The van der Waals surface area contributed by atoms with E-state index in [9.17, 15) is 5.26 Å². The Balaban J connectivity index is 1.91. The number of thiazole rings is 1. The third-order valence-electron chi connectivity index (χ3n) is 2.89. The smallest absolute Gasteiger partial charge is 0.136 e. The lowest BCUT2D eigenvalue weighted by Gasteiger charge is -2.03. The third-order valence-corrected chi connectivity index (χ3v) is 4.40. The number of nitrogens with zero attached hydrogens (tertiary/aromatic N) is 2. The van der Waals surface area contributed by atoms with E-state index in [0.29, 0.717) is 26.3 Å². The Kier molecular flexibility index (Phi) is 4.30. The molecule has 0 spiro atoms. The number of para-hydroxylation sites is 1. The zero-order valence-corrected chi connectivity index (χ0v) is 13.5. The van der Waals surface area contributed by atoms with Crippen LogP contribution in [0.5, 0.6) is 0 Å². The first kappa shape index (κ1) is 14.9. The minimum absolute atomic E-state index is 0.456. The Bertz CT molecular complexity index is 856. The van der Waals surface area contributed by atoms with Crippen molar-refractivity contribution in [1.82, 2.24) is 4.98 Å². The van der Waals surface area contributed by atoms with Crippen LogP contribution in [0.4, 0.5) is 5.69 Å². The number of halogens is 2. The number of rotatable bonds is 3. The Labute approximate surface area is 141 Å². The molecule has 3 nitrogen and oxygen atoms in total. The highest BCUT2D eigenvalue weighted by atomic mass is 35.5. The molecule has 6 heteroatoms. The van der Waals surface area contributed by atoms with E-state index in [1.54, 1.807) is 24.4 Å². The number of anilines is 1. The van der Waals surface area contributed by atoms with E-state index in [-0.39, 0.29) is 0 Å². The van der Waals surface area contributed by atoms with Crippen LogP contribution in [0.15, 0.2) is 48.7 Å². The number of benzene rings is 2. The molecule has 3 aromatic rings. The van der Waals surface area contributed by atoms with E-state index in [2.05, 4.69) is 16.4 Å². The van der Waals surface area contributed by atoms with Crippen LogP contribution < -0.4 is 5.32 Å². The molecule has 1 heterocycles. The van der Waals surface area contributed by atoms with Crippen LogP contribution >= 0.6 is 34.5 Å². The Morgan fingerprint density at radius 2 is 1.91 bits per heavy atom. The highest BCUT2D eigenvalue weighted by Gasteiger charge is 2.08. The number of nitriles is 1. The van der Waals surface area contributed by atoms with Crippen LogP contribution in [0, 0.1) is 11.3 Å². The van der Waals surface area contributed by atoms with Gasteiger partial charge in [0.2, 0.25) is 0 Å². The van der Waals surface area contributed by atoms with E-state index in [0.717, 1.165) is 10.2 Å². The van der Waals surface area contributed by atoms with Gasteiger partial charge in [0.25, 0.3) is 0 Å². The standard InChI is InChI=1S/C16H9Cl2N3S/c17-11-5-12(18)7-13(6-11)20-9-10(8-19)16-21-14-3-1-2-4-15(14)22-16/h1-7,9,20H/b10-9-. The maximum atomic E-state index is 9.35. The summed E-state index contributed by atoms with van der Waals surface area (Å²) < 4.78 is 1.05. The lowest BCUT2D eigenvalue weighted by Crippen LogP contribution is -1.91. The number of fused-ring (bicyclic) bond motifs is 1. The van der Waals surface area contributed by atoms with Crippen LogP contribution in [0.2, 0.25) is 10.0 Å². The first-order valence-corrected chi connectivity index (χ1v) is 7.92. The predicted molar refractivity (Wildman–Crippen MR) is 93.3 cm³/mol. The molecule has 0 amide bonds. The minimum Gasteiger partial charge on any atom is -0.360 e. The molecule has 0 atom stereocenters. The summed E-state index contributed by atoms with van der Waals surface area (Å²) in [6, 6.07) is 15.1. The molecule has 0 saturated carbocycles. The molecule has 0 saturated heterocycles. The highest BCUT2D eigenvalue weighted by Crippen LogP contribution is 2.27. The number of aromatic nitrogens is 1. The van der Waals surface area contributed by atoms with Gasteiger partial charge in [-0.2, -0.15) is 5.26 Å². The van der Waals surface area contributed by atoms with Gasteiger partial charge in [-0.1, -0.05) is 35.3 Å². The summed E-state index contributed by atoms with van der Waals surface area (Å²) in [6.07, 6.45) is 1.61. The van der Waals surface area contributed by atoms with Crippen LogP contribution in [0.25, 0.3) is 15.8 Å². The van der Waals surface area contributed by atoms with Gasteiger partial charge in [-0.05, 0) is 30.3 Å². The van der Waals surface area contributed by atoms with E-state index in [1.807, 2.05) is 24.3 Å². The fourth-order valence-electron chi connectivity index (χ4n) is 1.92. The fourth-order valence-corrected chi connectivity index (χ4v) is 3.38. The summed E-state index contributed by atoms with van der Waals surface area (Å²) in [4.78, 5) is 4.47. The Hall–Kier alpha value is -2.06. The van der Waals surface area contributed by atoms with Crippen molar-refractivity contribution in [2.45, 2.75) is 0 Å². The van der Waals surface area contributed by atoms with Gasteiger partial charge in [0.15, 0.2) is 0 Å². The van der Waals surface area contributed by atoms with Crippen molar-refractivity contribution in [1.29, 1.82) is 5.26 Å². The van der Waals surface area contributed by atoms with E-state index < -0.39 is 0 Å². The van der Waals surface area contributed by atoms with Gasteiger partial charge in [-0.3, -0.25) is 0 Å². The van der Waals surface area contributed by atoms with Crippen molar-refractivity contribution in [2.24, 2.45) is 0 Å². The molecule has 0 unspecified atom stereocenters. The molecule has 0 aliphatic rings. The monoisotopic (exact) mass is 345 g/mol. The predicted octanol–water partition coefficient (Wildman–Crippen LogP) is 5.58. The number of nitrogens with one attached hydrogen (secondary N) is 1. The van der Waals surface area contributed by atoms with Crippen LogP contribution in [-0.4, -0.2) is 4.98 Å². The molecule has 22 heavy (non-hydrogen) atoms. The highest BCUT2D eigenvalue weighted by molar-refractivity contribution is 7.19. The number of hydrogen-bond donors (Lipinski definition) is 1. The maximum absolute atomic E-state index is 9.35. The van der Waals surface area contributed by atoms with Crippen molar-refractivity contribution >= 4 is 56.0 Å². The van der Waals surface area contributed by atoms with Gasteiger partial charge in [0.05, 0.1) is 10.2 Å². The minimum atomic E-state index is 0.456. The molecule has 2 aromatic carbocycles. The summed E-state index contributed by atoms with van der Waals surface area (Å²) in [7, 11) is 0. The van der Waals surface area contributed by atoms with Crippen molar-refractivity contribution in [3.8, 4) is 6.07 Å². The Morgan fingerprint density at radius 3 is 2.59 bits per heavy atom. The molecule has 0 radical (unpaired) electrons. The molecule has 3 rings (SSSR count). The Morgan fingerprint density at radius 1 is 1.18 bits per heavy atom. The van der Waals surface area contributed by atoms with Crippen molar-refractivity contribution in [2.75, 3.05) is 5.32 Å². The molecular formula is C16H9Cl2N3S. The maximum Gasteiger partial charge on any atom is 0.136 e. The molecular weight excluding hydrogens is 337 g/mol. The van der Waals surface area contributed by atoms with Gasteiger partial charge in [0, 0.05) is 21.9 Å². The molecule has 0 fully saturated rings. The van der Waals surface area contributed by atoms with Gasteiger partial charge >= 0.3 is 0 Å². The van der Waals surface area contributed by atoms with E-state index in [4.69, 9.17) is 23.2 Å². The quantitative estimate of drug-likeness (QED) is 0.630. The van der Waals surface area contributed by atoms with Crippen LogP contribution in [0.3, 0.4) is 0 Å². The lowest BCUT2D eigenvalue weighted by atomic mass is 10.3. The second kappa shape index (κ2) is 6.37. The van der Waals surface area contributed by atoms with Gasteiger partial charge in [-0.15, -0.1) is 11.3 Å². The van der Waals surface area contributed by atoms with Crippen molar-refractivity contribution in [3.63, 3.8) is 0 Å². The largest absolute Gasteiger partial charge is 0.360 e. The average molecular weight is 346 g/mol. The number of allylic oxidation sites excluding steroid dienone is 1. The summed E-state index contributed by atoms with van der Waals surface area (Å²) in [5.41, 5.74) is 2.05. The molecule has 0 bridgehead atoms. The second-order valence-electron chi connectivity index (χ2n) is 4.46. The zero-order valence-electron chi connectivity index (χ0n) is 11.2. The molecule has 1 N–H and O–H groups in total. The topological polar surface area (TPSA) is 48.7 Å². The second-order valence-corrected chi connectivity index (χ2v) is 6.36. The zero-order chi connectivity index (χ0) is 15.5. The number of hydrogen-bond acceptors (Lipinski definition) is 4. The molecule has 1 aromatic heterocycles. The fraction of sp³-hybridized carbons (Fsp3) is 0. The SMILES string of the molecule is N#C/C(=C/Nc1cc(Cl)cc(Cl)c1)c1nc2ccccc2s1. The normalized spacial score (nSPS) is 11.4. The molecule has 0 aliphatic carbocycles. The first-order valence-electron chi connectivity index (χ1n) is 6.34. The summed E-state index contributed by atoms with van der Waals surface area (Å²) in [6.45, 7) is 0. The first-order chi connectivity index (χ1) is 10.7. The molecule has 108 valence electrons. The van der Waals surface area contributed by atoms with Gasteiger partial charge in [-0.25, -0.2) is 4.98 Å².